The van der Waals surface area contributed by atoms with Gasteiger partial charge in [-0.05, 0) is 60.9 Å². The number of nitrogens with zero attached hydrogens (tertiary/aromatic N) is 4. The summed E-state index contributed by atoms with van der Waals surface area (Å²) in [6, 6.07) is 23.8. The van der Waals surface area contributed by atoms with E-state index in [9.17, 15) is 4.79 Å². The quantitative estimate of drug-likeness (QED) is 0.204. The molecule has 4 rings (SSSR count). The largest absolute Gasteiger partial charge is 0.497 e. The molecule has 7 nitrogen and oxygen atoms in total. The Bertz CT molecular complexity index is 1300. The number of hydrogen-bond acceptors (Lipinski definition) is 6. The zero-order valence-electron chi connectivity index (χ0n) is 19.9. The highest BCUT2D eigenvalue weighted by molar-refractivity contribution is 7.99. The Kier molecular flexibility index (Phi) is 7.95. The topological polar surface area (TPSA) is 81.4 Å². The summed E-state index contributed by atoms with van der Waals surface area (Å²) in [7, 11) is 1.63. The Hall–Kier alpha value is -3.91. The second-order valence-corrected chi connectivity index (χ2v) is 8.83. The number of aromatic nitrogens is 3. The van der Waals surface area contributed by atoms with Crippen molar-refractivity contribution in [3.8, 4) is 22.8 Å². The summed E-state index contributed by atoms with van der Waals surface area (Å²) >= 11 is 1.31. The molecule has 1 N–H and O–H groups in total. The van der Waals surface area contributed by atoms with E-state index in [1.54, 1.807) is 13.3 Å². The van der Waals surface area contributed by atoms with Crippen molar-refractivity contribution < 1.29 is 9.53 Å². The molecule has 3 aromatic carbocycles. The highest BCUT2D eigenvalue weighted by Gasteiger charge is 2.17. The van der Waals surface area contributed by atoms with Gasteiger partial charge in [0, 0.05) is 11.3 Å². The first-order valence-corrected chi connectivity index (χ1v) is 12.3. The number of amides is 1. The highest BCUT2D eigenvalue weighted by atomic mass is 32.2. The number of ether oxygens (including phenoxy) is 1. The predicted molar refractivity (Wildman–Crippen MR) is 140 cm³/mol. The van der Waals surface area contributed by atoms with Gasteiger partial charge in [0.25, 0.3) is 5.91 Å². The Balaban J connectivity index is 1.49. The van der Waals surface area contributed by atoms with Crippen LogP contribution in [0.2, 0.25) is 0 Å². The van der Waals surface area contributed by atoms with Crippen LogP contribution in [0.15, 0.2) is 83.1 Å². The summed E-state index contributed by atoms with van der Waals surface area (Å²) in [6.45, 7) is 4.15. The maximum absolute atomic E-state index is 12.4. The van der Waals surface area contributed by atoms with Crippen LogP contribution in [-0.2, 0) is 11.2 Å². The molecule has 0 fully saturated rings. The molecule has 35 heavy (non-hydrogen) atoms. The maximum atomic E-state index is 12.4. The molecule has 0 atom stereocenters. The summed E-state index contributed by atoms with van der Waals surface area (Å²) in [5, 5.41) is 13.5. The average molecular weight is 486 g/mol. The van der Waals surface area contributed by atoms with Crippen LogP contribution < -0.4 is 10.2 Å². The zero-order valence-corrected chi connectivity index (χ0v) is 20.7. The van der Waals surface area contributed by atoms with E-state index in [4.69, 9.17) is 4.74 Å². The first kappa shape index (κ1) is 24.2. The van der Waals surface area contributed by atoms with Crippen LogP contribution >= 0.6 is 11.8 Å². The predicted octanol–water partition coefficient (Wildman–Crippen LogP) is 5.06. The lowest BCUT2D eigenvalue weighted by atomic mass is 10.1. The maximum Gasteiger partial charge on any atom is 0.250 e. The second-order valence-electron chi connectivity index (χ2n) is 7.88. The van der Waals surface area contributed by atoms with Gasteiger partial charge in [0.05, 0.1) is 19.1 Å². The van der Waals surface area contributed by atoms with E-state index in [2.05, 4.69) is 39.8 Å². The molecule has 0 saturated carbocycles. The number of carbonyl (C=O) groups is 1. The molecule has 1 aromatic heterocycles. The van der Waals surface area contributed by atoms with Crippen molar-refractivity contribution in [2.24, 2.45) is 5.10 Å². The average Bonchev–Trinajstić information content (AvgIpc) is 3.32. The third-order valence-electron chi connectivity index (χ3n) is 5.40. The summed E-state index contributed by atoms with van der Waals surface area (Å²) in [6.07, 6.45) is 2.62. The number of thioether (sulfide) groups is 1. The smallest absolute Gasteiger partial charge is 0.250 e. The Labute approximate surface area is 209 Å². The van der Waals surface area contributed by atoms with Crippen molar-refractivity contribution in [3.05, 3.63) is 89.5 Å². The van der Waals surface area contributed by atoms with Crippen LogP contribution in [0, 0.1) is 6.92 Å². The molecular weight excluding hydrogens is 458 g/mol. The molecule has 0 aliphatic rings. The molecule has 0 saturated heterocycles. The number of nitrogens with one attached hydrogen (secondary N) is 1. The van der Waals surface area contributed by atoms with Crippen LogP contribution in [0.4, 0.5) is 0 Å². The molecule has 0 aliphatic carbocycles. The molecule has 1 heterocycles. The van der Waals surface area contributed by atoms with Crippen molar-refractivity contribution in [2.75, 3.05) is 12.9 Å². The minimum absolute atomic E-state index is 0.152. The normalized spacial score (nSPS) is 11.1. The van der Waals surface area contributed by atoms with Crippen molar-refractivity contribution in [3.63, 3.8) is 0 Å². The van der Waals surface area contributed by atoms with E-state index >= 15 is 0 Å². The van der Waals surface area contributed by atoms with E-state index in [0.29, 0.717) is 11.0 Å². The van der Waals surface area contributed by atoms with E-state index in [1.807, 2.05) is 72.2 Å². The van der Waals surface area contributed by atoms with Gasteiger partial charge in [-0.25, -0.2) is 5.43 Å². The van der Waals surface area contributed by atoms with E-state index < -0.39 is 0 Å². The van der Waals surface area contributed by atoms with Crippen molar-refractivity contribution >= 4 is 23.9 Å². The van der Waals surface area contributed by atoms with Crippen molar-refractivity contribution in [2.45, 2.75) is 25.4 Å². The van der Waals surface area contributed by atoms with Crippen LogP contribution in [0.5, 0.6) is 5.75 Å². The van der Waals surface area contributed by atoms with Gasteiger partial charge in [0.1, 0.15) is 5.75 Å². The fourth-order valence-corrected chi connectivity index (χ4v) is 4.14. The zero-order chi connectivity index (χ0) is 24.6. The van der Waals surface area contributed by atoms with E-state index in [-0.39, 0.29) is 11.7 Å². The van der Waals surface area contributed by atoms with Gasteiger partial charge >= 0.3 is 0 Å². The minimum Gasteiger partial charge on any atom is -0.497 e. The summed E-state index contributed by atoms with van der Waals surface area (Å²) < 4.78 is 7.23. The minimum atomic E-state index is -0.221. The monoisotopic (exact) mass is 485 g/mol. The van der Waals surface area contributed by atoms with Crippen LogP contribution in [-0.4, -0.2) is 39.7 Å². The molecule has 1 amide bonds. The molecule has 0 bridgehead atoms. The van der Waals surface area contributed by atoms with E-state index in [0.717, 1.165) is 34.5 Å². The number of benzene rings is 3. The van der Waals surface area contributed by atoms with Gasteiger partial charge in [-0.3, -0.25) is 9.36 Å². The number of hydrazone groups is 1. The van der Waals surface area contributed by atoms with Gasteiger partial charge in [-0.2, -0.15) is 5.10 Å². The third-order valence-corrected chi connectivity index (χ3v) is 6.33. The Morgan fingerprint density at radius 1 is 1.03 bits per heavy atom. The molecule has 178 valence electrons. The number of methoxy groups -OCH3 is 1. The van der Waals surface area contributed by atoms with Crippen LogP contribution in [0.1, 0.15) is 23.6 Å². The molecule has 0 radical (unpaired) electrons. The summed E-state index contributed by atoms with van der Waals surface area (Å²) in [5.74, 6) is 1.38. The molecule has 4 aromatic rings. The second kappa shape index (κ2) is 11.5. The van der Waals surface area contributed by atoms with Crippen molar-refractivity contribution in [1.82, 2.24) is 20.2 Å². The lowest BCUT2D eigenvalue weighted by Gasteiger charge is -2.11. The highest BCUT2D eigenvalue weighted by Crippen LogP contribution is 2.29. The summed E-state index contributed by atoms with van der Waals surface area (Å²) in [4.78, 5) is 12.4. The van der Waals surface area contributed by atoms with E-state index in [1.165, 1.54) is 17.3 Å². The van der Waals surface area contributed by atoms with Gasteiger partial charge in [-0.15, -0.1) is 10.2 Å². The first-order chi connectivity index (χ1) is 17.1. The van der Waals surface area contributed by atoms with Crippen molar-refractivity contribution in [1.29, 1.82) is 0 Å². The SMILES string of the molecule is CCc1ccc(/C=N\NC(=O)CSc2nnc(-c3ccc(OC)cc3)n2-c2ccc(C)cc2)cc1. The van der Waals surface area contributed by atoms with Gasteiger partial charge in [-0.1, -0.05) is 60.6 Å². The number of hydrogen-bond donors (Lipinski definition) is 1. The first-order valence-electron chi connectivity index (χ1n) is 11.3. The van der Waals surface area contributed by atoms with Gasteiger partial charge in [0.2, 0.25) is 0 Å². The molecule has 0 unspecified atom stereocenters. The van der Waals surface area contributed by atoms with Crippen LogP contribution in [0.25, 0.3) is 17.1 Å². The molecule has 0 spiro atoms. The molecule has 0 aliphatic heterocycles. The Morgan fingerprint density at radius 2 is 1.74 bits per heavy atom. The third kappa shape index (κ3) is 6.16. The Morgan fingerprint density at radius 3 is 2.40 bits per heavy atom. The van der Waals surface area contributed by atoms with Gasteiger partial charge < -0.3 is 4.74 Å². The van der Waals surface area contributed by atoms with Crippen LogP contribution in [0.3, 0.4) is 0 Å². The number of rotatable bonds is 9. The summed E-state index contributed by atoms with van der Waals surface area (Å²) in [5.41, 5.74) is 7.75. The lowest BCUT2D eigenvalue weighted by molar-refractivity contribution is -0.118. The van der Waals surface area contributed by atoms with Gasteiger partial charge in [0.15, 0.2) is 11.0 Å². The molecular formula is C27H27N5O2S. The fourth-order valence-electron chi connectivity index (χ4n) is 3.40. The lowest BCUT2D eigenvalue weighted by Crippen LogP contribution is -2.20. The standard InChI is InChI=1S/C27H27N5O2S/c1-4-20-7-9-21(10-8-20)17-28-29-25(33)18-35-27-31-30-26(22-11-15-24(34-3)16-12-22)32(27)23-13-5-19(2)6-14-23/h5-17H,4,18H2,1-3H3,(H,29,33)/b28-17-. The number of aryl methyl sites for hydroxylation is 2. The molecule has 8 heteroatoms. The fraction of sp³-hybridized carbons (Fsp3) is 0.185. The number of carbonyl (C=O) groups excluding carboxylic acids is 1.